The molecule has 13 heteroatoms. The molecular weight excluding hydrogens is 575 g/mol. The van der Waals surface area contributed by atoms with Crippen LogP contribution >= 0.6 is 11.6 Å². The maximum Gasteiger partial charge on any atom is 0.410 e. The molecule has 1 aliphatic rings. The van der Waals surface area contributed by atoms with Crippen LogP contribution < -0.4 is 10.6 Å². The molecule has 1 saturated heterocycles. The molecule has 0 bridgehead atoms. The van der Waals surface area contributed by atoms with Crippen LogP contribution in [-0.4, -0.2) is 100 Å². The number of nitrogens with one attached hydrogen (secondary N) is 2. The van der Waals surface area contributed by atoms with E-state index in [0.29, 0.717) is 40.1 Å². The lowest BCUT2D eigenvalue weighted by atomic mass is 10.1. The number of piperazine rings is 1. The maximum absolute atomic E-state index is 14.4. The van der Waals surface area contributed by atoms with E-state index in [1.54, 1.807) is 43.3 Å². The number of likely N-dealkylation sites (N-methyl/N-ethyl adjacent to an activating group) is 1. The molecule has 43 heavy (non-hydrogen) atoms. The number of nitrogens with zero attached hydrogens (tertiary/aromatic N) is 6. The molecule has 0 spiro atoms. The number of aryl methyl sites for hydroxylation is 1. The molecule has 0 saturated carbocycles. The average molecular weight is 613 g/mol. The molecule has 4 rings (SSSR count). The maximum atomic E-state index is 14.4. The summed E-state index contributed by atoms with van der Waals surface area (Å²) in [5.41, 5.74) is 1.98. The monoisotopic (exact) mass is 612 g/mol. The lowest BCUT2D eigenvalue weighted by Crippen LogP contribution is -2.50. The van der Waals surface area contributed by atoms with Crippen LogP contribution in [0.4, 0.5) is 26.4 Å². The van der Waals surface area contributed by atoms with Crippen LogP contribution in [0.25, 0.3) is 11.3 Å². The van der Waals surface area contributed by atoms with Crippen molar-refractivity contribution < 1.29 is 18.7 Å². The number of carbonyl (C=O) groups excluding carboxylic acids is 2. The molecule has 0 atom stereocenters. The van der Waals surface area contributed by atoms with Crippen LogP contribution in [0.15, 0.2) is 42.6 Å². The Labute approximate surface area is 256 Å². The highest BCUT2D eigenvalue weighted by Crippen LogP contribution is 2.28. The van der Waals surface area contributed by atoms with Crippen LogP contribution in [0.3, 0.4) is 0 Å². The number of pyridine rings is 1. The van der Waals surface area contributed by atoms with Crippen molar-refractivity contribution in [2.24, 2.45) is 0 Å². The minimum atomic E-state index is -0.523. The Balaban J connectivity index is 1.27. The summed E-state index contributed by atoms with van der Waals surface area (Å²) in [6, 6.07) is 9.45. The van der Waals surface area contributed by atoms with E-state index >= 15 is 0 Å². The minimum absolute atomic E-state index is 0.164. The Kier molecular flexibility index (Phi) is 10.5. The van der Waals surface area contributed by atoms with Crippen molar-refractivity contribution in [3.8, 4) is 11.3 Å². The van der Waals surface area contributed by atoms with Crippen molar-refractivity contribution in [1.82, 2.24) is 29.9 Å². The number of carbonyl (C=O) groups is 2. The SMILES string of the molecule is Cc1nnc(-c2cc(Cl)ccc2F)cc1Nc1ccnc(NC(=O)CN2CCN(CCN(C)C(=O)OC(C)(C)C)CC2)c1. The van der Waals surface area contributed by atoms with Gasteiger partial charge in [0, 0.05) is 74.9 Å². The van der Waals surface area contributed by atoms with Gasteiger partial charge in [-0.05, 0) is 58.0 Å². The summed E-state index contributed by atoms with van der Waals surface area (Å²) >= 11 is 6.05. The summed E-state index contributed by atoms with van der Waals surface area (Å²) < 4.78 is 19.8. The van der Waals surface area contributed by atoms with Crippen LogP contribution in [-0.2, 0) is 9.53 Å². The lowest BCUT2D eigenvalue weighted by molar-refractivity contribution is -0.117. The molecular formula is C30H38ClFN8O3. The third kappa shape index (κ3) is 9.57. The molecule has 2 aromatic heterocycles. The van der Waals surface area contributed by atoms with Gasteiger partial charge in [-0.25, -0.2) is 14.2 Å². The molecule has 230 valence electrons. The molecule has 0 aliphatic carbocycles. The zero-order valence-electron chi connectivity index (χ0n) is 25.2. The Morgan fingerprint density at radius 1 is 1.07 bits per heavy atom. The van der Waals surface area contributed by atoms with Gasteiger partial charge in [0.1, 0.15) is 17.2 Å². The third-order valence-corrected chi connectivity index (χ3v) is 7.01. The first-order valence-corrected chi connectivity index (χ1v) is 14.5. The highest BCUT2D eigenvalue weighted by Gasteiger charge is 2.22. The fourth-order valence-electron chi connectivity index (χ4n) is 4.42. The number of ether oxygens (including phenoxy) is 1. The second-order valence-corrected chi connectivity index (χ2v) is 11.9. The highest BCUT2D eigenvalue weighted by molar-refractivity contribution is 6.30. The summed E-state index contributed by atoms with van der Waals surface area (Å²) in [4.78, 5) is 35.2. The fourth-order valence-corrected chi connectivity index (χ4v) is 4.59. The number of hydrogen-bond acceptors (Lipinski definition) is 9. The standard InChI is InChI=1S/C30H38ClFN8O3/c1-20-25(18-26(37-36-20)23-16-21(31)6-7-24(23)32)34-22-8-9-33-27(17-22)35-28(41)19-40-14-12-39(13-15-40)11-10-38(5)29(42)43-30(2,3)4/h6-9,16-18H,10-15,19H2,1-5H3,(H2,33,34,35,37,41). The molecule has 3 heterocycles. The molecule has 11 nitrogen and oxygen atoms in total. The van der Waals surface area contributed by atoms with Gasteiger partial charge in [-0.1, -0.05) is 11.6 Å². The van der Waals surface area contributed by atoms with Crippen molar-refractivity contribution in [1.29, 1.82) is 0 Å². The molecule has 1 fully saturated rings. The Hall–Kier alpha value is -3.87. The smallest absolute Gasteiger partial charge is 0.410 e. The van der Waals surface area contributed by atoms with E-state index in [1.807, 2.05) is 20.8 Å². The van der Waals surface area contributed by atoms with E-state index in [2.05, 4.69) is 35.6 Å². The quantitative estimate of drug-likeness (QED) is 0.351. The van der Waals surface area contributed by atoms with Gasteiger partial charge in [0.05, 0.1) is 23.6 Å². The van der Waals surface area contributed by atoms with Crippen molar-refractivity contribution >= 4 is 40.8 Å². The number of hydrogen-bond donors (Lipinski definition) is 2. The largest absolute Gasteiger partial charge is 0.444 e. The Morgan fingerprint density at radius 3 is 2.51 bits per heavy atom. The van der Waals surface area contributed by atoms with Gasteiger partial charge in [-0.15, -0.1) is 0 Å². The molecule has 2 N–H and O–H groups in total. The van der Waals surface area contributed by atoms with E-state index in [1.165, 1.54) is 18.2 Å². The fraction of sp³-hybridized carbons (Fsp3) is 0.433. The number of benzene rings is 1. The lowest BCUT2D eigenvalue weighted by Gasteiger charge is -2.35. The number of amides is 2. The number of aromatic nitrogens is 3. The van der Waals surface area contributed by atoms with Gasteiger partial charge in [0.15, 0.2) is 0 Å². The van der Waals surface area contributed by atoms with Crippen molar-refractivity contribution in [2.75, 3.05) is 63.5 Å². The second kappa shape index (κ2) is 14.1. The predicted octanol–water partition coefficient (Wildman–Crippen LogP) is 4.81. The molecule has 1 aromatic carbocycles. The van der Waals surface area contributed by atoms with Crippen molar-refractivity contribution in [2.45, 2.75) is 33.3 Å². The van der Waals surface area contributed by atoms with Gasteiger partial charge < -0.3 is 20.3 Å². The van der Waals surface area contributed by atoms with Gasteiger partial charge in [-0.2, -0.15) is 10.2 Å². The van der Waals surface area contributed by atoms with E-state index in [9.17, 15) is 14.0 Å². The summed E-state index contributed by atoms with van der Waals surface area (Å²) in [7, 11) is 1.74. The highest BCUT2D eigenvalue weighted by atomic mass is 35.5. The first kappa shape index (κ1) is 32.1. The molecule has 1 aliphatic heterocycles. The third-order valence-electron chi connectivity index (χ3n) is 6.78. The normalized spacial score (nSPS) is 14.3. The number of anilines is 3. The summed E-state index contributed by atoms with van der Waals surface area (Å²) in [6.07, 6.45) is 1.26. The summed E-state index contributed by atoms with van der Waals surface area (Å²) in [5, 5.41) is 14.8. The summed E-state index contributed by atoms with van der Waals surface area (Å²) in [5.74, 6) is -0.211. The first-order valence-electron chi connectivity index (χ1n) is 14.1. The minimum Gasteiger partial charge on any atom is -0.444 e. The zero-order valence-corrected chi connectivity index (χ0v) is 25.9. The average Bonchev–Trinajstić information content (AvgIpc) is 2.94. The van der Waals surface area contributed by atoms with E-state index in [0.717, 1.165) is 32.7 Å². The van der Waals surface area contributed by atoms with Gasteiger partial charge in [-0.3, -0.25) is 14.6 Å². The number of halogens is 2. The topological polar surface area (TPSA) is 116 Å². The van der Waals surface area contributed by atoms with Gasteiger partial charge in [0.25, 0.3) is 0 Å². The van der Waals surface area contributed by atoms with E-state index < -0.39 is 11.4 Å². The van der Waals surface area contributed by atoms with Crippen molar-refractivity contribution in [3.05, 3.63) is 59.1 Å². The molecule has 0 unspecified atom stereocenters. The first-order chi connectivity index (χ1) is 20.4. The number of rotatable bonds is 9. The predicted molar refractivity (Wildman–Crippen MR) is 165 cm³/mol. The van der Waals surface area contributed by atoms with E-state index in [-0.39, 0.29) is 24.1 Å². The van der Waals surface area contributed by atoms with E-state index in [4.69, 9.17) is 16.3 Å². The Bertz CT molecular complexity index is 1440. The van der Waals surface area contributed by atoms with Crippen molar-refractivity contribution in [3.63, 3.8) is 0 Å². The van der Waals surface area contributed by atoms with Crippen LogP contribution in [0.5, 0.6) is 0 Å². The van der Waals surface area contributed by atoms with Crippen LogP contribution in [0.1, 0.15) is 26.5 Å². The second-order valence-electron chi connectivity index (χ2n) is 11.5. The Morgan fingerprint density at radius 2 is 1.79 bits per heavy atom. The van der Waals surface area contributed by atoms with Gasteiger partial charge in [0.2, 0.25) is 5.91 Å². The molecule has 2 amide bonds. The van der Waals surface area contributed by atoms with Gasteiger partial charge >= 0.3 is 6.09 Å². The van der Waals surface area contributed by atoms with Crippen LogP contribution in [0.2, 0.25) is 5.02 Å². The zero-order chi connectivity index (χ0) is 31.1. The molecule has 0 radical (unpaired) electrons. The van der Waals surface area contributed by atoms with Crippen LogP contribution in [0, 0.1) is 12.7 Å². The summed E-state index contributed by atoms with van der Waals surface area (Å²) in [6.45, 7) is 12.0. The molecule has 3 aromatic rings.